The third kappa shape index (κ3) is 4.80. The first-order valence-corrected chi connectivity index (χ1v) is 7.45. The molecule has 5 heteroatoms. The second-order valence-electron chi connectivity index (χ2n) is 5.06. The third-order valence-corrected chi connectivity index (χ3v) is 3.69. The van der Waals surface area contributed by atoms with Gasteiger partial charge in [0, 0.05) is 30.9 Å². The van der Waals surface area contributed by atoms with Gasteiger partial charge in [0.15, 0.2) is 0 Å². The third-order valence-electron chi connectivity index (χ3n) is 3.43. The molecule has 0 atom stereocenters. The minimum Gasteiger partial charge on any atom is -0.376 e. The lowest BCUT2D eigenvalue weighted by molar-refractivity contribution is -0.117. The number of likely N-dealkylation sites (tertiary alicyclic amines) is 1. The average molecular weight is 304 g/mol. The molecule has 21 heavy (non-hydrogen) atoms. The van der Waals surface area contributed by atoms with Crippen molar-refractivity contribution in [2.45, 2.75) is 25.8 Å². The van der Waals surface area contributed by atoms with E-state index in [0.717, 1.165) is 31.5 Å². The Balaban J connectivity index is 1.92. The van der Waals surface area contributed by atoms with Crippen molar-refractivity contribution in [3.63, 3.8) is 0 Å². The quantitative estimate of drug-likeness (QED) is 0.687. The first kappa shape index (κ1) is 15.4. The van der Waals surface area contributed by atoms with E-state index >= 15 is 0 Å². The Kier molecular flexibility index (Phi) is 5.65. The van der Waals surface area contributed by atoms with Crippen LogP contribution in [0, 0.1) is 11.3 Å². The maximum absolute atomic E-state index is 12.0. The number of amides is 1. The Morgan fingerprint density at radius 2 is 1.95 bits per heavy atom. The second-order valence-corrected chi connectivity index (χ2v) is 5.50. The number of rotatable bonds is 4. The molecule has 1 aliphatic heterocycles. The van der Waals surface area contributed by atoms with Gasteiger partial charge in [0.1, 0.15) is 11.6 Å². The highest BCUT2D eigenvalue weighted by atomic mass is 35.5. The van der Waals surface area contributed by atoms with Crippen LogP contribution in [-0.2, 0) is 11.3 Å². The zero-order valence-electron chi connectivity index (χ0n) is 11.8. The lowest BCUT2D eigenvalue weighted by Crippen LogP contribution is -2.29. The Morgan fingerprint density at radius 3 is 2.57 bits per heavy atom. The van der Waals surface area contributed by atoms with Crippen LogP contribution in [0.3, 0.4) is 0 Å². The molecule has 1 N–H and O–H groups in total. The molecule has 4 nitrogen and oxygen atoms in total. The molecule has 1 aromatic carbocycles. The summed E-state index contributed by atoms with van der Waals surface area (Å²) in [5.74, 6) is -0.335. The molecule has 0 spiro atoms. The van der Waals surface area contributed by atoms with Crippen LogP contribution in [0.2, 0.25) is 5.02 Å². The lowest BCUT2D eigenvalue weighted by atomic mass is 10.1. The molecule has 1 aliphatic rings. The number of halogens is 1. The molecular weight excluding hydrogens is 286 g/mol. The average Bonchev–Trinajstić information content (AvgIpc) is 2.52. The Bertz CT molecular complexity index is 554. The van der Waals surface area contributed by atoms with Gasteiger partial charge >= 0.3 is 0 Å². The standard InChI is InChI=1S/C16H18ClN3O/c17-15-6-4-13(5-7-15)11-19-16(21)14(10-18)12-20-8-2-1-3-9-20/h4-7,12H,1-3,8-9,11H2,(H,19,21)/b14-12-. The van der Waals surface area contributed by atoms with Crippen LogP contribution in [0.4, 0.5) is 0 Å². The van der Waals surface area contributed by atoms with Crippen molar-refractivity contribution in [3.05, 3.63) is 46.6 Å². The summed E-state index contributed by atoms with van der Waals surface area (Å²) in [7, 11) is 0. The number of carbonyl (C=O) groups excluding carboxylic acids is 1. The highest BCUT2D eigenvalue weighted by molar-refractivity contribution is 6.30. The van der Waals surface area contributed by atoms with Gasteiger partial charge in [-0.05, 0) is 37.0 Å². The van der Waals surface area contributed by atoms with Crippen LogP contribution in [0.15, 0.2) is 36.0 Å². The van der Waals surface area contributed by atoms with Gasteiger partial charge in [0.05, 0.1) is 0 Å². The number of nitriles is 1. The van der Waals surface area contributed by atoms with Gasteiger partial charge in [-0.3, -0.25) is 4.79 Å². The molecule has 1 aromatic rings. The van der Waals surface area contributed by atoms with E-state index in [9.17, 15) is 4.79 Å². The van der Waals surface area contributed by atoms with Crippen molar-refractivity contribution < 1.29 is 4.79 Å². The van der Waals surface area contributed by atoms with E-state index < -0.39 is 0 Å². The van der Waals surface area contributed by atoms with E-state index in [1.807, 2.05) is 23.1 Å². The fourth-order valence-corrected chi connectivity index (χ4v) is 2.37. The van der Waals surface area contributed by atoms with Gasteiger partial charge < -0.3 is 10.2 Å². The number of benzene rings is 1. The van der Waals surface area contributed by atoms with Crippen LogP contribution in [0.1, 0.15) is 24.8 Å². The molecule has 1 saturated heterocycles. The monoisotopic (exact) mass is 303 g/mol. The maximum atomic E-state index is 12.0. The van der Waals surface area contributed by atoms with Gasteiger partial charge in [-0.15, -0.1) is 0 Å². The summed E-state index contributed by atoms with van der Waals surface area (Å²) in [6.45, 7) is 2.21. The number of hydrogen-bond acceptors (Lipinski definition) is 3. The fourth-order valence-electron chi connectivity index (χ4n) is 2.25. The van der Waals surface area contributed by atoms with E-state index in [1.165, 1.54) is 6.42 Å². The number of nitrogens with one attached hydrogen (secondary N) is 1. The van der Waals surface area contributed by atoms with Crippen molar-refractivity contribution in [3.8, 4) is 6.07 Å². The molecule has 0 aliphatic carbocycles. The first-order valence-electron chi connectivity index (χ1n) is 7.07. The molecular formula is C16H18ClN3O. The Morgan fingerprint density at radius 1 is 1.29 bits per heavy atom. The maximum Gasteiger partial charge on any atom is 0.263 e. The van der Waals surface area contributed by atoms with Crippen molar-refractivity contribution in [2.24, 2.45) is 0 Å². The number of nitrogens with zero attached hydrogens (tertiary/aromatic N) is 2. The molecule has 0 aromatic heterocycles. The van der Waals surface area contributed by atoms with Gasteiger partial charge in [0.2, 0.25) is 0 Å². The van der Waals surface area contributed by atoms with Crippen LogP contribution >= 0.6 is 11.6 Å². The van der Waals surface area contributed by atoms with Crippen molar-refractivity contribution in [1.82, 2.24) is 10.2 Å². The van der Waals surface area contributed by atoms with Gasteiger partial charge in [0.25, 0.3) is 5.91 Å². The molecule has 1 amide bonds. The number of piperidine rings is 1. The van der Waals surface area contributed by atoms with Crippen LogP contribution < -0.4 is 5.32 Å². The first-order chi connectivity index (χ1) is 10.2. The largest absolute Gasteiger partial charge is 0.376 e. The Labute approximate surface area is 130 Å². The van der Waals surface area contributed by atoms with E-state index in [4.69, 9.17) is 16.9 Å². The SMILES string of the molecule is N#C/C(=C/N1CCCCC1)C(=O)NCc1ccc(Cl)cc1. The van der Waals surface area contributed by atoms with Crippen LogP contribution in [-0.4, -0.2) is 23.9 Å². The van der Waals surface area contributed by atoms with Crippen molar-refractivity contribution in [1.29, 1.82) is 5.26 Å². The lowest BCUT2D eigenvalue weighted by Gasteiger charge is -2.25. The van der Waals surface area contributed by atoms with E-state index in [1.54, 1.807) is 18.3 Å². The van der Waals surface area contributed by atoms with Crippen molar-refractivity contribution in [2.75, 3.05) is 13.1 Å². The minimum atomic E-state index is -0.335. The van der Waals surface area contributed by atoms with Crippen LogP contribution in [0.5, 0.6) is 0 Å². The number of carbonyl (C=O) groups is 1. The van der Waals surface area contributed by atoms with E-state index in [2.05, 4.69) is 5.32 Å². The summed E-state index contributed by atoms with van der Waals surface area (Å²) in [6, 6.07) is 9.23. The number of hydrogen-bond donors (Lipinski definition) is 1. The van der Waals surface area contributed by atoms with Crippen LogP contribution in [0.25, 0.3) is 0 Å². The van der Waals surface area contributed by atoms with Gasteiger partial charge in [-0.2, -0.15) is 5.26 Å². The second kappa shape index (κ2) is 7.70. The summed E-state index contributed by atoms with van der Waals surface area (Å²) in [5.41, 5.74) is 1.11. The zero-order valence-corrected chi connectivity index (χ0v) is 12.6. The van der Waals surface area contributed by atoms with Crippen molar-refractivity contribution >= 4 is 17.5 Å². The summed E-state index contributed by atoms with van der Waals surface area (Å²) < 4.78 is 0. The molecule has 0 unspecified atom stereocenters. The zero-order chi connectivity index (χ0) is 15.1. The van der Waals surface area contributed by atoms with E-state index in [-0.39, 0.29) is 11.5 Å². The highest BCUT2D eigenvalue weighted by Gasteiger charge is 2.12. The smallest absolute Gasteiger partial charge is 0.263 e. The highest BCUT2D eigenvalue weighted by Crippen LogP contribution is 2.11. The van der Waals surface area contributed by atoms with Gasteiger partial charge in [-0.25, -0.2) is 0 Å². The molecule has 1 fully saturated rings. The molecule has 0 radical (unpaired) electrons. The predicted molar refractivity (Wildman–Crippen MR) is 82.4 cm³/mol. The predicted octanol–water partition coefficient (Wildman–Crippen LogP) is 2.85. The normalized spacial score (nSPS) is 15.4. The summed E-state index contributed by atoms with van der Waals surface area (Å²) >= 11 is 5.81. The summed E-state index contributed by atoms with van der Waals surface area (Å²) in [5, 5.41) is 12.6. The topological polar surface area (TPSA) is 56.1 Å². The minimum absolute atomic E-state index is 0.158. The fraction of sp³-hybridized carbons (Fsp3) is 0.375. The Hall–Kier alpha value is -1.99. The van der Waals surface area contributed by atoms with E-state index in [0.29, 0.717) is 11.6 Å². The molecule has 0 bridgehead atoms. The molecule has 1 heterocycles. The van der Waals surface area contributed by atoms with Gasteiger partial charge in [-0.1, -0.05) is 23.7 Å². The summed E-state index contributed by atoms with van der Waals surface area (Å²) in [4.78, 5) is 14.1. The molecule has 2 rings (SSSR count). The summed E-state index contributed by atoms with van der Waals surface area (Å²) in [6.07, 6.45) is 5.12. The molecule has 0 saturated carbocycles. The molecule has 110 valence electrons.